The van der Waals surface area contributed by atoms with Gasteiger partial charge in [-0.05, 0) is 49.8 Å². The lowest BCUT2D eigenvalue weighted by Crippen LogP contribution is -2.33. The molecular weight excluding hydrogens is 260 g/mol. The summed E-state index contributed by atoms with van der Waals surface area (Å²) in [6, 6.07) is 7.54. The second-order valence-corrected chi connectivity index (χ2v) is 5.22. The molecule has 0 bridgehead atoms. The van der Waals surface area contributed by atoms with Crippen molar-refractivity contribution in [2.45, 2.75) is 32.1 Å². The number of halogens is 1. The highest BCUT2D eigenvalue weighted by Crippen LogP contribution is 2.22. The smallest absolute Gasteiger partial charge is 0.318 e. The summed E-state index contributed by atoms with van der Waals surface area (Å²) in [5, 5.41) is 6.36. The Morgan fingerprint density at radius 3 is 2.58 bits per heavy atom. The van der Waals surface area contributed by atoms with E-state index in [2.05, 4.69) is 10.6 Å². The zero-order valence-corrected chi connectivity index (χ0v) is 11.7. The minimum atomic E-state index is -0.131. The molecule has 1 fully saturated rings. The fraction of sp³-hybridized carbons (Fsp3) is 0.400. The van der Waals surface area contributed by atoms with Gasteiger partial charge in [0.25, 0.3) is 0 Å². The van der Waals surface area contributed by atoms with Crippen molar-refractivity contribution in [1.82, 2.24) is 10.6 Å². The Morgan fingerprint density at radius 1 is 1.21 bits per heavy atom. The molecule has 0 unspecified atom stereocenters. The monoisotopic (exact) mass is 278 g/mol. The van der Waals surface area contributed by atoms with Crippen LogP contribution >= 0.6 is 11.6 Å². The standard InChI is InChI=1S/C15H19ClN2O/c16-14-7-5-12(6-8-14)9-10-17-15(19)18-11-13-3-1-2-4-13/h5-8,11H,1-4,9-10H2,(H2,17,18,19). The first kappa shape index (κ1) is 13.9. The van der Waals surface area contributed by atoms with Gasteiger partial charge < -0.3 is 10.6 Å². The third-order valence-corrected chi connectivity index (χ3v) is 3.52. The summed E-state index contributed by atoms with van der Waals surface area (Å²) in [5.41, 5.74) is 2.51. The number of allylic oxidation sites excluding steroid dienone is 1. The third-order valence-electron chi connectivity index (χ3n) is 3.27. The number of carbonyl (C=O) groups excluding carboxylic acids is 1. The quantitative estimate of drug-likeness (QED) is 0.867. The van der Waals surface area contributed by atoms with E-state index in [0.717, 1.165) is 24.3 Å². The maximum Gasteiger partial charge on any atom is 0.318 e. The van der Waals surface area contributed by atoms with Gasteiger partial charge in [-0.2, -0.15) is 0 Å². The van der Waals surface area contributed by atoms with Crippen molar-refractivity contribution in [3.8, 4) is 0 Å². The number of urea groups is 1. The van der Waals surface area contributed by atoms with E-state index < -0.39 is 0 Å². The maximum atomic E-state index is 11.6. The molecule has 3 nitrogen and oxygen atoms in total. The molecule has 1 aromatic rings. The topological polar surface area (TPSA) is 41.1 Å². The highest BCUT2D eigenvalue weighted by atomic mass is 35.5. The van der Waals surface area contributed by atoms with E-state index in [1.807, 2.05) is 30.5 Å². The van der Waals surface area contributed by atoms with Gasteiger partial charge in [0.1, 0.15) is 0 Å². The average Bonchev–Trinajstić information content (AvgIpc) is 2.92. The van der Waals surface area contributed by atoms with Gasteiger partial charge in [-0.15, -0.1) is 0 Å². The van der Waals surface area contributed by atoms with Crippen LogP contribution in [0.15, 0.2) is 36.0 Å². The molecule has 19 heavy (non-hydrogen) atoms. The molecule has 2 N–H and O–H groups in total. The summed E-state index contributed by atoms with van der Waals surface area (Å²) in [6.45, 7) is 0.622. The largest absolute Gasteiger partial charge is 0.338 e. The highest BCUT2D eigenvalue weighted by Gasteiger charge is 2.06. The molecule has 1 aliphatic carbocycles. The Hall–Kier alpha value is -1.48. The molecule has 0 aromatic heterocycles. The van der Waals surface area contributed by atoms with Crippen LogP contribution in [0.4, 0.5) is 4.79 Å². The van der Waals surface area contributed by atoms with E-state index in [1.165, 1.54) is 24.0 Å². The van der Waals surface area contributed by atoms with Crippen LogP contribution < -0.4 is 10.6 Å². The minimum absolute atomic E-state index is 0.131. The minimum Gasteiger partial charge on any atom is -0.338 e. The van der Waals surface area contributed by atoms with E-state index in [4.69, 9.17) is 11.6 Å². The zero-order valence-electron chi connectivity index (χ0n) is 10.9. The van der Waals surface area contributed by atoms with E-state index in [9.17, 15) is 4.79 Å². The van der Waals surface area contributed by atoms with Gasteiger partial charge in [-0.3, -0.25) is 0 Å². The fourth-order valence-corrected chi connectivity index (χ4v) is 2.29. The van der Waals surface area contributed by atoms with E-state index in [-0.39, 0.29) is 6.03 Å². The summed E-state index contributed by atoms with van der Waals surface area (Å²) in [7, 11) is 0. The van der Waals surface area contributed by atoms with Crippen LogP contribution in [0, 0.1) is 0 Å². The van der Waals surface area contributed by atoms with Gasteiger partial charge in [-0.1, -0.05) is 29.3 Å². The second kappa shape index (κ2) is 7.19. The molecule has 2 amide bonds. The summed E-state index contributed by atoms with van der Waals surface area (Å²) < 4.78 is 0. The summed E-state index contributed by atoms with van der Waals surface area (Å²) in [5.74, 6) is 0. The Bertz CT molecular complexity index is 446. The molecule has 1 saturated carbocycles. The van der Waals surface area contributed by atoms with Gasteiger partial charge in [0, 0.05) is 17.8 Å². The second-order valence-electron chi connectivity index (χ2n) is 4.79. The molecule has 0 aliphatic heterocycles. The predicted molar refractivity (Wildman–Crippen MR) is 78.2 cm³/mol. The van der Waals surface area contributed by atoms with Crippen molar-refractivity contribution in [1.29, 1.82) is 0 Å². The number of amides is 2. The number of rotatable bonds is 4. The summed E-state index contributed by atoms with van der Waals surface area (Å²) >= 11 is 5.81. The molecular formula is C15H19ClN2O. The van der Waals surface area contributed by atoms with Crippen LogP contribution in [0.5, 0.6) is 0 Å². The first-order chi connectivity index (χ1) is 9.24. The molecule has 0 atom stereocenters. The van der Waals surface area contributed by atoms with E-state index >= 15 is 0 Å². The van der Waals surface area contributed by atoms with Crippen molar-refractivity contribution in [2.24, 2.45) is 0 Å². The molecule has 2 rings (SSSR count). The number of hydrogen-bond acceptors (Lipinski definition) is 1. The maximum absolute atomic E-state index is 11.6. The number of carbonyl (C=O) groups is 1. The Kier molecular flexibility index (Phi) is 5.28. The van der Waals surface area contributed by atoms with Gasteiger partial charge in [-0.25, -0.2) is 4.79 Å². The molecule has 1 aliphatic rings. The molecule has 102 valence electrons. The van der Waals surface area contributed by atoms with Gasteiger partial charge in [0.15, 0.2) is 0 Å². The van der Waals surface area contributed by atoms with Crippen molar-refractivity contribution in [3.63, 3.8) is 0 Å². The Labute approximate surface area is 119 Å². The zero-order chi connectivity index (χ0) is 13.5. The lowest BCUT2D eigenvalue weighted by Gasteiger charge is -2.05. The van der Waals surface area contributed by atoms with Crippen molar-refractivity contribution < 1.29 is 4.79 Å². The first-order valence-corrected chi connectivity index (χ1v) is 7.08. The van der Waals surface area contributed by atoms with E-state index in [0.29, 0.717) is 6.54 Å². The number of hydrogen-bond donors (Lipinski definition) is 2. The predicted octanol–water partition coefficient (Wildman–Crippen LogP) is 3.64. The van der Waals surface area contributed by atoms with Crippen LogP contribution in [-0.2, 0) is 6.42 Å². The van der Waals surface area contributed by atoms with Gasteiger partial charge in [0.05, 0.1) is 0 Å². The van der Waals surface area contributed by atoms with Gasteiger partial charge >= 0.3 is 6.03 Å². The van der Waals surface area contributed by atoms with Crippen LogP contribution in [0.25, 0.3) is 0 Å². The Morgan fingerprint density at radius 2 is 1.89 bits per heavy atom. The molecule has 4 heteroatoms. The molecule has 1 aromatic carbocycles. The summed E-state index contributed by atoms with van der Waals surface area (Å²) in [4.78, 5) is 11.6. The van der Waals surface area contributed by atoms with Gasteiger partial charge in [0.2, 0.25) is 0 Å². The van der Waals surface area contributed by atoms with Crippen LogP contribution in [0.1, 0.15) is 31.2 Å². The lowest BCUT2D eigenvalue weighted by atomic mass is 10.1. The van der Waals surface area contributed by atoms with Crippen LogP contribution in [-0.4, -0.2) is 12.6 Å². The highest BCUT2D eigenvalue weighted by molar-refractivity contribution is 6.30. The van der Waals surface area contributed by atoms with Crippen molar-refractivity contribution >= 4 is 17.6 Å². The number of nitrogens with one attached hydrogen (secondary N) is 2. The van der Waals surface area contributed by atoms with Crippen molar-refractivity contribution in [2.75, 3.05) is 6.54 Å². The molecule has 0 saturated heterocycles. The Balaban J connectivity index is 1.66. The molecule has 0 heterocycles. The molecule has 0 radical (unpaired) electrons. The average molecular weight is 279 g/mol. The van der Waals surface area contributed by atoms with Crippen molar-refractivity contribution in [3.05, 3.63) is 46.6 Å². The van der Waals surface area contributed by atoms with Crippen LogP contribution in [0.2, 0.25) is 5.02 Å². The summed E-state index contributed by atoms with van der Waals surface area (Å²) in [6.07, 6.45) is 7.37. The van der Waals surface area contributed by atoms with E-state index in [1.54, 1.807) is 0 Å². The fourth-order valence-electron chi connectivity index (χ4n) is 2.16. The third kappa shape index (κ3) is 4.95. The molecule has 0 spiro atoms. The SMILES string of the molecule is O=C(NC=C1CCCC1)NCCc1ccc(Cl)cc1. The lowest BCUT2D eigenvalue weighted by molar-refractivity contribution is 0.244. The normalized spacial score (nSPS) is 14.3. The van der Waals surface area contributed by atoms with Crippen LogP contribution in [0.3, 0.4) is 0 Å². The first-order valence-electron chi connectivity index (χ1n) is 6.71. The number of benzene rings is 1.